The largest absolute Gasteiger partial charge is 0.367 e. The molecule has 0 radical (unpaired) electrons. The number of aromatic nitrogens is 2. The number of amides is 1. The molecule has 1 aliphatic heterocycles. The molecule has 6 nitrogen and oxygen atoms in total. The summed E-state index contributed by atoms with van der Waals surface area (Å²) in [5.41, 5.74) is 2.04. The second-order valence-corrected chi connectivity index (χ2v) is 10.1. The number of anilines is 2. The highest BCUT2D eigenvalue weighted by Gasteiger charge is 2.23. The van der Waals surface area contributed by atoms with E-state index in [1.807, 2.05) is 13.0 Å². The molecular formula is C24H30FN5OS. The Balaban J connectivity index is 1.33. The molecule has 1 aliphatic carbocycles. The van der Waals surface area contributed by atoms with Crippen LogP contribution in [0.15, 0.2) is 24.3 Å². The van der Waals surface area contributed by atoms with Gasteiger partial charge in [0.05, 0.1) is 22.3 Å². The van der Waals surface area contributed by atoms with Crippen LogP contribution in [0.4, 0.5) is 15.8 Å². The minimum atomic E-state index is -0.299. The quantitative estimate of drug-likeness (QED) is 0.598. The molecule has 2 aromatic heterocycles. The van der Waals surface area contributed by atoms with E-state index < -0.39 is 0 Å². The Hall–Kier alpha value is -2.45. The second-order valence-electron chi connectivity index (χ2n) is 9.06. The van der Waals surface area contributed by atoms with Gasteiger partial charge in [-0.2, -0.15) is 5.10 Å². The van der Waals surface area contributed by atoms with Gasteiger partial charge in [0.2, 0.25) is 0 Å². The third kappa shape index (κ3) is 4.13. The highest BCUT2D eigenvalue weighted by atomic mass is 32.1. The fourth-order valence-electron chi connectivity index (χ4n) is 4.84. The Labute approximate surface area is 192 Å². The molecule has 8 heteroatoms. The van der Waals surface area contributed by atoms with E-state index in [-0.39, 0.29) is 11.7 Å². The maximum atomic E-state index is 14.8. The van der Waals surface area contributed by atoms with Crippen LogP contribution < -0.4 is 10.2 Å². The number of carbonyl (C=O) groups excluding carboxylic acids is 1. The second kappa shape index (κ2) is 8.83. The molecule has 1 amide bonds. The molecule has 3 aromatic rings. The minimum Gasteiger partial charge on any atom is -0.367 e. The average molecular weight is 456 g/mol. The Morgan fingerprint density at radius 2 is 1.88 bits per heavy atom. The highest BCUT2D eigenvalue weighted by molar-refractivity contribution is 7.20. The number of halogens is 1. The fraction of sp³-hybridized carbons (Fsp3) is 0.500. The molecule has 170 valence electrons. The normalized spacial score (nSPS) is 18.4. The van der Waals surface area contributed by atoms with Crippen LogP contribution in [-0.2, 0) is 0 Å². The number of fused-ring (bicyclic) bond motifs is 1. The van der Waals surface area contributed by atoms with Gasteiger partial charge in [-0.3, -0.25) is 9.48 Å². The van der Waals surface area contributed by atoms with Crippen LogP contribution in [0.3, 0.4) is 0 Å². The van der Waals surface area contributed by atoms with Gasteiger partial charge in [-0.25, -0.2) is 4.39 Å². The predicted octanol–water partition coefficient (Wildman–Crippen LogP) is 5.05. The van der Waals surface area contributed by atoms with Crippen molar-refractivity contribution in [3.05, 3.63) is 40.7 Å². The van der Waals surface area contributed by atoms with Crippen molar-refractivity contribution in [3.8, 4) is 0 Å². The third-order valence-electron chi connectivity index (χ3n) is 6.76. The van der Waals surface area contributed by atoms with E-state index in [2.05, 4.69) is 26.8 Å². The molecule has 3 heterocycles. The summed E-state index contributed by atoms with van der Waals surface area (Å²) < 4.78 is 16.9. The standard InChI is InChI=1S/C24H30FN5OS/c1-16-19-15-22(32-24(19)30(27-16)18-6-4-3-5-7-18)23(31)26-17-8-9-21(20(25)14-17)29-12-10-28(2)11-13-29/h8-9,14-15,18H,3-7,10-13H2,1-2H3,(H,26,31). The summed E-state index contributed by atoms with van der Waals surface area (Å²) in [6.07, 6.45) is 6.06. The van der Waals surface area contributed by atoms with Crippen LogP contribution in [0.1, 0.15) is 53.5 Å². The maximum absolute atomic E-state index is 14.8. The van der Waals surface area contributed by atoms with E-state index in [9.17, 15) is 9.18 Å². The van der Waals surface area contributed by atoms with Crippen LogP contribution in [0, 0.1) is 12.7 Å². The molecule has 1 saturated heterocycles. The van der Waals surface area contributed by atoms with Gasteiger partial charge in [0.25, 0.3) is 5.91 Å². The molecule has 32 heavy (non-hydrogen) atoms. The van der Waals surface area contributed by atoms with Gasteiger partial charge in [-0.15, -0.1) is 11.3 Å². The lowest BCUT2D eigenvalue weighted by Crippen LogP contribution is -2.44. The zero-order chi connectivity index (χ0) is 22.2. The summed E-state index contributed by atoms with van der Waals surface area (Å²) in [7, 11) is 2.08. The first-order chi connectivity index (χ1) is 15.5. The van der Waals surface area contributed by atoms with Gasteiger partial charge in [-0.1, -0.05) is 19.3 Å². The SMILES string of the molecule is Cc1nn(C2CCCCC2)c2sc(C(=O)Nc3ccc(N4CCN(C)CC4)c(F)c3)cc12. The zero-order valence-corrected chi connectivity index (χ0v) is 19.6. The number of aryl methyl sites for hydroxylation is 1. The van der Waals surface area contributed by atoms with Gasteiger partial charge in [-0.05, 0) is 51.1 Å². The van der Waals surface area contributed by atoms with Gasteiger partial charge < -0.3 is 15.1 Å². The van der Waals surface area contributed by atoms with E-state index in [4.69, 9.17) is 5.10 Å². The first kappa shape index (κ1) is 21.4. The van der Waals surface area contributed by atoms with E-state index in [1.165, 1.54) is 36.7 Å². The van der Waals surface area contributed by atoms with Gasteiger partial charge in [0.15, 0.2) is 0 Å². The Morgan fingerprint density at radius 3 is 2.59 bits per heavy atom. The lowest BCUT2D eigenvalue weighted by atomic mass is 9.96. The van der Waals surface area contributed by atoms with E-state index in [0.717, 1.165) is 54.9 Å². The summed E-state index contributed by atoms with van der Waals surface area (Å²) >= 11 is 1.48. The number of nitrogens with zero attached hydrogens (tertiary/aromatic N) is 4. The number of carbonyl (C=O) groups is 1. The van der Waals surface area contributed by atoms with E-state index in [0.29, 0.717) is 22.3 Å². The summed E-state index contributed by atoms with van der Waals surface area (Å²) in [5, 5.41) is 8.69. The number of piperazine rings is 1. The lowest BCUT2D eigenvalue weighted by molar-refractivity contribution is 0.103. The van der Waals surface area contributed by atoms with Crippen molar-refractivity contribution in [2.45, 2.75) is 45.1 Å². The number of likely N-dealkylation sites (N-methyl/N-ethyl adjacent to an activating group) is 1. The molecule has 1 saturated carbocycles. The van der Waals surface area contributed by atoms with Crippen molar-refractivity contribution in [2.24, 2.45) is 0 Å². The summed E-state index contributed by atoms with van der Waals surface area (Å²) in [4.78, 5) is 18.9. The molecule has 0 bridgehead atoms. The van der Waals surface area contributed by atoms with Gasteiger partial charge in [0.1, 0.15) is 10.6 Å². The number of thiophene rings is 1. The van der Waals surface area contributed by atoms with E-state index in [1.54, 1.807) is 12.1 Å². The smallest absolute Gasteiger partial charge is 0.265 e. The van der Waals surface area contributed by atoms with Crippen LogP contribution >= 0.6 is 11.3 Å². The van der Waals surface area contributed by atoms with Crippen molar-refractivity contribution in [2.75, 3.05) is 43.4 Å². The van der Waals surface area contributed by atoms with Crippen molar-refractivity contribution in [1.82, 2.24) is 14.7 Å². The number of hydrogen-bond acceptors (Lipinski definition) is 5. The molecule has 1 aromatic carbocycles. The number of nitrogens with one attached hydrogen (secondary N) is 1. The van der Waals surface area contributed by atoms with Crippen molar-refractivity contribution >= 4 is 38.8 Å². The van der Waals surface area contributed by atoms with Crippen molar-refractivity contribution in [1.29, 1.82) is 0 Å². The third-order valence-corrected chi connectivity index (χ3v) is 7.89. The van der Waals surface area contributed by atoms with Crippen molar-refractivity contribution < 1.29 is 9.18 Å². The van der Waals surface area contributed by atoms with Crippen LogP contribution in [0.25, 0.3) is 10.2 Å². The highest BCUT2D eigenvalue weighted by Crippen LogP contribution is 2.35. The monoisotopic (exact) mass is 455 g/mol. The first-order valence-electron chi connectivity index (χ1n) is 11.5. The molecular weight excluding hydrogens is 425 g/mol. The minimum absolute atomic E-state index is 0.201. The fourth-order valence-corrected chi connectivity index (χ4v) is 5.97. The number of benzene rings is 1. The topological polar surface area (TPSA) is 53.4 Å². The lowest BCUT2D eigenvalue weighted by Gasteiger charge is -2.34. The summed E-state index contributed by atoms with van der Waals surface area (Å²) in [5.74, 6) is -0.500. The molecule has 0 spiro atoms. The summed E-state index contributed by atoms with van der Waals surface area (Å²) in [6, 6.07) is 7.33. The van der Waals surface area contributed by atoms with Crippen LogP contribution in [-0.4, -0.2) is 53.8 Å². The van der Waals surface area contributed by atoms with Gasteiger partial charge >= 0.3 is 0 Å². The first-order valence-corrected chi connectivity index (χ1v) is 12.3. The summed E-state index contributed by atoms with van der Waals surface area (Å²) in [6.45, 7) is 5.45. The maximum Gasteiger partial charge on any atom is 0.265 e. The number of rotatable bonds is 4. The van der Waals surface area contributed by atoms with Crippen LogP contribution in [0.5, 0.6) is 0 Å². The molecule has 5 rings (SSSR count). The predicted molar refractivity (Wildman–Crippen MR) is 129 cm³/mol. The molecule has 2 aliphatic rings. The zero-order valence-electron chi connectivity index (χ0n) is 18.7. The molecule has 0 unspecified atom stereocenters. The Bertz CT molecular complexity index is 1130. The van der Waals surface area contributed by atoms with Crippen LogP contribution in [0.2, 0.25) is 0 Å². The Morgan fingerprint density at radius 1 is 1.12 bits per heavy atom. The van der Waals surface area contributed by atoms with E-state index >= 15 is 0 Å². The average Bonchev–Trinajstić information content (AvgIpc) is 3.36. The number of hydrogen-bond donors (Lipinski definition) is 1. The van der Waals surface area contributed by atoms with Gasteiger partial charge in [0, 0.05) is 37.3 Å². The molecule has 2 fully saturated rings. The van der Waals surface area contributed by atoms with Crippen molar-refractivity contribution in [3.63, 3.8) is 0 Å². The molecule has 1 N–H and O–H groups in total. The Kier molecular flexibility index (Phi) is 5.90. The molecule has 0 atom stereocenters.